The fourth-order valence-electron chi connectivity index (χ4n) is 1.66. The van der Waals surface area contributed by atoms with E-state index in [1.165, 1.54) is 18.2 Å². The Labute approximate surface area is 145 Å². The summed E-state index contributed by atoms with van der Waals surface area (Å²) in [6.07, 6.45) is 0. The Morgan fingerprint density at radius 2 is 1.76 bits per heavy atom. The first-order chi connectivity index (χ1) is 9.85. The van der Waals surface area contributed by atoms with Crippen molar-refractivity contribution in [2.24, 2.45) is 5.73 Å². The summed E-state index contributed by atoms with van der Waals surface area (Å²) >= 11 is 12.6. The zero-order chi connectivity index (χ0) is 15.6. The van der Waals surface area contributed by atoms with Gasteiger partial charge in [-0.15, -0.1) is 0 Å². The molecule has 0 fully saturated rings. The second kappa shape index (κ2) is 6.66. The molecule has 0 aromatic heterocycles. The highest BCUT2D eigenvalue weighted by Crippen LogP contribution is 2.32. The Hall–Kier alpha value is -0.600. The van der Waals surface area contributed by atoms with Gasteiger partial charge in [0, 0.05) is 20.5 Å². The standard InChI is InChI=1S/C13H11Br2ClN2O2S/c14-10-2-1-3-11(15)13(10)18-21(19,20)9-4-5-12(16)8(6-9)7-17/h1-6,18H,7,17H2. The maximum absolute atomic E-state index is 12.4. The normalized spacial score (nSPS) is 11.4. The Bertz CT molecular complexity index is 761. The molecule has 0 aliphatic carbocycles. The van der Waals surface area contributed by atoms with Crippen molar-refractivity contribution in [2.75, 3.05) is 4.72 Å². The maximum Gasteiger partial charge on any atom is 0.261 e. The summed E-state index contributed by atoms with van der Waals surface area (Å²) < 4.78 is 28.7. The SMILES string of the molecule is NCc1cc(S(=O)(=O)Nc2c(Br)cccc2Br)ccc1Cl. The molecule has 0 aliphatic rings. The van der Waals surface area contributed by atoms with Crippen LogP contribution in [-0.4, -0.2) is 8.42 Å². The van der Waals surface area contributed by atoms with E-state index in [-0.39, 0.29) is 11.4 Å². The molecular weight excluding hydrogens is 443 g/mol. The Morgan fingerprint density at radius 3 is 2.33 bits per heavy atom. The quantitative estimate of drug-likeness (QED) is 0.730. The lowest BCUT2D eigenvalue weighted by molar-refractivity contribution is 0.601. The summed E-state index contributed by atoms with van der Waals surface area (Å²) in [4.78, 5) is 0.106. The number of halogens is 3. The second-order valence-electron chi connectivity index (χ2n) is 4.16. The summed E-state index contributed by atoms with van der Waals surface area (Å²) in [6.45, 7) is 0.168. The van der Waals surface area contributed by atoms with Crippen LogP contribution in [0.5, 0.6) is 0 Å². The molecule has 0 spiro atoms. The highest BCUT2D eigenvalue weighted by Gasteiger charge is 2.18. The molecule has 0 heterocycles. The minimum Gasteiger partial charge on any atom is -0.326 e. The zero-order valence-corrected chi connectivity index (χ0v) is 15.4. The lowest BCUT2D eigenvalue weighted by Gasteiger charge is -2.12. The molecule has 0 amide bonds. The molecule has 2 aromatic carbocycles. The lowest BCUT2D eigenvalue weighted by atomic mass is 10.2. The molecule has 0 atom stereocenters. The second-order valence-corrected chi connectivity index (χ2v) is 7.96. The molecule has 0 bridgehead atoms. The molecule has 4 nitrogen and oxygen atoms in total. The van der Waals surface area contributed by atoms with Crippen LogP contribution >= 0.6 is 43.5 Å². The lowest BCUT2D eigenvalue weighted by Crippen LogP contribution is -2.14. The van der Waals surface area contributed by atoms with E-state index in [2.05, 4.69) is 36.6 Å². The molecular formula is C13H11Br2ClN2O2S. The van der Waals surface area contributed by atoms with Gasteiger partial charge >= 0.3 is 0 Å². The number of hydrogen-bond donors (Lipinski definition) is 2. The van der Waals surface area contributed by atoms with Crippen molar-refractivity contribution < 1.29 is 8.42 Å². The first kappa shape index (κ1) is 16.8. The first-order valence-corrected chi connectivity index (χ1v) is 9.25. The van der Waals surface area contributed by atoms with Crippen LogP contribution in [0.1, 0.15) is 5.56 Å². The predicted octanol–water partition coefficient (Wildman–Crippen LogP) is 4.12. The van der Waals surface area contributed by atoms with Gasteiger partial charge in [0.25, 0.3) is 10.0 Å². The molecule has 3 N–H and O–H groups in total. The fraction of sp³-hybridized carbons (Fsp3) is 0.0769. The van der Waals surface area contributed by atoms with E-state index in [4.69, 9.17) is 17.3 Å². The van der Waals surface area contributed by atoms with Gasteiger partial charge in [0.15, 0.2) is 0 Å². The van der Waals surface area contributed by atoms with Gasteiger partial charge in [0.1, 0.15) is 0 Å². The predicted molar refractivity (Wildman–Crippen MR) is 92.0 cm³/mol. The largest absolute Gasteiger partial charge is 0.326 e. The van der Waals surface area contributed by atoms with E-state index in [0.29, 0.717) is 25.2 Å². The van der Waals surface area contributed by atoms with Gasteiger partial charge in [-0.05, 0) is 67.8 Å². The van der Waals surface area contributed by atoms with Crippen LogP contribution in [-0.2, 0) is 16.6 Å². The molecule has 21 heavy (non-hydrogen) atoms. The number of para-hydroxylation sites is 1. The number of hydrogen-bond acceptors (Lipinski definition) is 3. The van der Waals surface area contributed by atoms with Gasteiger partial charge in [-0.3, -0.25) is 4.72 Å². The van der Waals surface area contributed by atoms with Gasteiger partial charge in [-0.2, -0.15) is 0 Å². The average molecular weight is 455 g/mol. The molecule has 0 saturated heterocycles. The summed E-state index contributed by atoms with van der Waals surface area (Å²) in [5.41, 5.74) is 6.56. The zero-order valence-electron chi connectivity index (χ0n) is 10.6. The van der Waals surface area contributed by atoms with Crippen LogP contribution in [0, 0.1) is 0 Å². The summed E-state index contributed by atoms with van der Waals surface area (Å²) in [7, 11) is -3.73. The van der Waals surface area contributed by atoms with Crippen LogP contribution in [0.2, 0.25) is 5.02 Å². The van der Waals surface area contributed by atoms with Crippen molar-refractivity contribution in [3.63, 3.8) is 0 Å². The van der Waals surface area contributed by atoms with Crippen LogP contribution in [0.15, 0.2) is 50.2 Å². The number of nitrogens with two attached hydrogens (primary N) is 1. The Balaban J connectivity index is 2.44. The smallest absolute Gasteiger partial charge is 0.261 e. The van der Waals surface area contributed by atoms with E-state index in [1.54, 1.807) is 18.2 Å². The van der Waals surface area contributed by atoms with Gasteiger partial charge in [0.2, 0.25) is 0 Å². The van der Waals surface area contributed by atoms with Crippen LogP contribution in [0.4, 0.5) is 5.69 Å². The highest BCUT2D eigenvalue weighted by molar-refractivity contribution is 9.11. The topological polar surface area (TPSA) is 72.2 Å². The number of rotatable bonds is 4. The van der Waals surface area contributed by atoms with Crippen LogP contribution < -0.4 is 10.5 Å². The van der Waals surface area contributed by atoms with E-state index < -0.39 is 10.0 Å². The molecule has 112 valence electrons. The number of benzene rings is 2. The number of anilines is 1. The summed E-state index contributed by atoms with van der Waals surface area (Å²) in [6, 6.07) is 9.71. The van der Waals surface area contributed by atoms with Crippen molar-refractivity contribution >= 4 is 59.2 Å². The molecule has 2 aromatic rings. The molecule has 8 heteroatoms. The molecule has 0 unspecified atom stereocenters. The Morgan fingerprint density at radius 1 is 1.14 bits per heavy atom. The van der Waals surface area contributed by atoms with Crippen LogP contribution in [0.25, 0.3) is 0 Å². The minimum atomic E-state index is -3.73. The van der Waals surface area contributed by atoms with Gasteiger partial charge in [0.05, 0.1) is 10.6 Å². The number of nitrogens with one attached hydrogen (secondary N) is 1. The number of sulfonamides is 1. The third kappa shape index (κ3) is 3.78. The van der Waals surface area contributed by atoms with Crippen molar-refractivity contribution in [2.45, 2.75) is 11.4 Å². The third-order valence-electron chi connectivity index (χ3n) is 2.75. The van der Waals surface area contributed by atoms with E-state index >= 15 is 0 Å². The van der Waals surface area contributed by atoms with E-state index in [0.717, 1.165) is 0 Å². The highest BCUT2D eigenvalue weighted by atomic mass is 79.9. The summed E-state index contributed by atoms with van der Waals surface area (Å²) in [5.74, 6) is 0. The van der Waals surface area contributed by atoms with Crippen molar-refractivity contribution in [3.8, 4) is 0 Å². The third-order valence-corrected chi connectivity index (χ3v) is 5.78. The van der Waals surface area contributed by atoms with E-state index in [1.807, 2.05) is 0 Å². The summed E-state index contributed by atoms with van der Waals surface area (Å²) in [5, 5.41) is 0.443. The van der Waals surface area contributed by atoms with Crippen molar-refractivity contribution in [3.05, 3.63) is 55.9 Å². The molecule has 0 aliphatic heterocycles. The van der Waals surface area contributed by atoms with Gasteiger partial charge < -0.3 is 5.73 Å². The van der Waals surface area contributed by atoms with Crippen LogP contribution in [0.3, 0.4) is 0 Å². The molecule has 0 radical (unpaired) electrons. The van der Waals surface area contributed by atoms with E-state index in [9.17, 15) is 8.42 Å². The van der Waals surface area contributed by atoms with Crippen molar-refractivity contribution in [1.82, 2.24) is 0 Å². The molecule has 0 saturated carbocycles. The molecule has 2 rings (SSSR count). The van der Waals surface area contributed by atoms with Gasteiger partial charge in [-0.1, -0.05) is 17.7 Å². The Kier molecular flexibility index (Phi) is 5.32. The van der Waals surface area contributed by atoms with Gasteiger partial charge in [-0.25, -0.2) is 8.42 Å². The minimum absolute atomic E-state index is 0.106. The van der Waals surface area contributed by atoms with Crippen molar-refractivity contribution in [1.29, 1.82) is 0 Å². The first-order valence-electron chi connectivity index (χ1n) is 5.80. The average Bonchev–Trinajstić information content (AvgIpc) is 2.43. The maximum atomic E-state index is 12.4. The monoisotopic (exact) mass is 452 g/mol. The fourth-order valence-corrected chi connectivity index (χ4v) is 4.47.